The number of hydrogen-bond acceptors (Lipinski definition) is 3. The third-order valence-electron chi connectivity index (χ3n) is 2.89. The number of carbonyl (C=O) groups is 2. The van der Waals surface area contributed by atoms with Gasteiger partial charge in [0, 0.05) is 6.20 Å². The minimum Gasteiger partial charge on any atom is -0.481 e. The van der Waals surface area contributed by atoms with Crippen molar-refractivity contribution in [2.75, 3.05) is 0 Å². The molecule has 0 bridgehead atoms. The van der Waals surface area contributed by atoms with Gasteiger partial charge >= 0.3 is 5.97 Å². The van der Waals surface area contributed by atoms with Gasteiger partial charge in [-0.3, -0.25) is 9.59 Å². The molecule has 6 heteroatoms. The molecule has 0 fully saturated rings. The van der Waals surface area contributed by atoms with Crippen LogP contribution in [0.15, 0.2) is 48.7 Å². The van der Waals surface area contributed by atoms with Crippen molar-refractivity contribution in [3.63, 3.8) is 0 Å². The minimum absolute atomic E-state index is 0.0807. The van der Waals surface area contributed by atoms with Crippen LogP contribution in [0.2, 0.25) is 5.15 Å². The molecule has 0 radical (unpaired) electrons. The molecule has 1 atom stereocenters. The summed E-state index contributed by atoms with van der Waals surface area (Å²) in [5.74, 6) is -1.45. The lowest BCUT2D eigenvalue weighted by Crippen LogP contribution is -2.30. The average molecular weight is 305 g/mol. The van der Waals surface area contributed by atoms with E-state index in [9.17, 15) is 9.59 Å². The summed E-state index contributed by atoms with van der Waals surface area (Å²) in [6.07, 6.45) is 1.26. The van der Waals surface area contributed by atoms with Crippen molar-refractivity contribution < 1.29 is 14.7 Å². The van der Waals surface area contributed by atoms with Crippen LogP contribution in [0.4, 0.5) is 0 Å². The van der Waals surface area contributed by atoms with Crippen LogP contribution in [-0.4, -0.2) is 22.0 Å². The van der Waals surface area contributed by atoms with Gasteiger partial charge in [0.05, 0.1) is 18.0 Å². The quantitative estimate of drug-likeness (QED) is 0.832. The summed E-state index contributed by atoms with van der Waals surface area (Å²) in [6, 6.07) is 11.4. The molecule has 0 aliphatic heterocycles. The number of rotatable bonds is 5. The number of halogens is 1. The molecule has 5 nitrogen and oxygen atoms in total. The molecule has 0 saturated heterocycles. The summed E-state index contributed by atoms with van der Waals surface area (Å²) in [4.78, 5) is 27.0. The van der Waals surface area contributed by atoms with Gasteiger partial charge in [-0.2, -0.15) is 0 Å². The third-order valence-corrected chi connectivity index (χ3v) is 3.19. The van der Waals surface area contributed by atoms with Gasteiger partial charge < -0.3 is 10.4 Å². The molecule has 0 aliphatic carbocycles. The maximum Gasteiger partial charge on any atom is 0.305 e. The van der Waals surface area contributed by atoms with E-state index in [-0.39, 0.29) is 17.1 Å². The van der Waals surface area contributed by atoms with Crippen LogP contribution in [0.5, 0.6) is 0 Å². The highest BCUT2D eigenvalue weighted by Gasteiger charge is 2.20. The summed E-state index contributed by atoms with van der Waals surface area (Å²) >= 11 is 5.87. The fraction of sp³-hybridized carbons (Fsp3) is 0.133. The Labute approximate surface area is 126 Å². The van der Waals surface area contributed by atoms with E-state index in [1.807, 2.05) is 6.07 Å². The van der Waals surface area contributed by atoms with E-state index in [4.69, 9.17) is 16.7 Å². The standard InChI is InChI=1S/C15H13ClN2O3/c16-14-11(7-4-8-17-14)15(21)18-12(9-13(19)20)10-5-2-1-3-6-10/h1-8,12H,9H2,(H,18,21)(H,19,20). The van der Waals surface area contributed by atoms with Gasteiger partial charge in [0.1, 0.15) is 5.15 Å². The normalized spacial score (nSPS) is 11.7. The van der Waals surface area contributed by atoms with Crippen molar-refractivity contribution >= 4 is 23.5 Å². The lowest BCUT2D eigenvalue weighted by Gasteiger charge is -2.17. The maximum absolute atomic E-state index is 12.2. The number of pyridine rings is 1. The lowest BCUT2D eigenvalue weighted by molar-refractivity contribution is -0.137. The molecular formula is C15H13ClN2O3. The molecule has 1 aromatic carbocycles. The number of carboxylic acids is 1. The Morgan fingerprint density at radius 3 is 2.52 bits per heavy atom. The first-order valence-electron chi connectivity index (χ1n) is 6.26. The molecule has 108 valence electrons. The molecule has 1 amide bonds. The molecule has 1 aromatic heterocycles. The SMILES string of the molecule is O=C(O)CC(NC(=O)c1cccnc1Cl)c1ccccc1. The number of aromatic nitrogens is 1. The molecule has 1 heterocycles. The highest BCUT2D eigenvalue weighted by Crippen LogP contribution is 2.19. The van der Waals surface area contributed by atoms with E-state index < -0.39 is 17.9 Å². The van der Waals surface area contributed by atoms with Crippen LogP contribution in [0.1, 0.15) is 28.4 Å². The molecule has 0 aliphatic rings. The highest BCUT2D eigenvalue weighted by molar-refractivity contribution is 6.32. The number of aliphatic carboxylic acids is 1. The second-order valence-corrected chi connectivity index (χ2v) is 4.73. The zero-order valence-electron chi connectivity index (χ0n) is 11.0. The monoisotopic (exact) mass is 304 g/mol. The fourth-order valence-corrected chi connectivity index (χ4v) is 2.11. The van der Waals surface area contributed by atoms with Gasteiger partial charge in [-0.15, -0.1) is 0 Å². The molecule has 1 unspecified atom stereocenters. The molecule has 2 aromatic rings. The Kier molecular flexibility index (Phi) is 4.90. The highest BCUT2D eigenvalue weighted by atomic mass is 35.5. The van der Waals surface area contributed by atoms with Gasteiger partial charge in [0.25, 0.3) is 5.91 Å². The van der Waals surface area contributed by atoms with Gasteiger partial charge in [-0.1, -0.05) is 41.9 Å². The predicted octanol–water partition coefficient (Wildman–Crippen LogP) is 2.68. The number of benzene rings is 1. The molecule has 21 heavy (non-hydrogen) atoms. The number of amides is 1. The maximum atomic E-state index is 12.2. The molecule has 2 rings (SSSR count). The average Bonchev–Trinajstić information content (AvgIpc) is 2.47. The first-order valence-corrected chi connectivity index (χ1v) is 6.64. The summed E-state index contributed by atoms with van der Waals surface area (Å²) in [7, 11) is 0. The van der Waals surface area contributed by atoms with E-state index in [2.05, 4.69) is 10.3 Å². The van der Waals surface area contributed by atoms with Gasteiger partial charge in [-0.05, 0) is 17.7 Å². The third kappa shape index (κ3) is 4.03. The molecule has 0 spiro atoms. The number of hydrogen-bond donors (Lipinski definition) is 2. The molecule has 2 N–H and O–H groups in total. The van der Waals surface area contributed by atoms with Crippen molar-refractivity contribution in [2.45, 2.75) is 12.5 Å². The van der Waals surface area contributed by atoms with Crippen LogP contribution in [0, 0.1) is 0 Å². The van der Waals surface area contributed by atoms with E-state index in [0.717, 1.165) is 0 Å². The summed E-state index contributed by atoms with van der Waals surface area (Å²) < 4.78 is 0. The van der Waals surface area contributed by atoms with E-state index in [0.29, 0.717) is 5.56 Å². The first-order chi connectivity index (χ1) is 10.1. The van der Waals surface area contributed by atoms with Crippen LogP contribution >= 0.6 is 11.6 Å². The Morgan fingerprint density at radius 2 is 1.90 bits per heavy atom. The second kappa shape index (κ2) is 6.85. The zero-order valence-corrected chi connectivity index (χ0v) is 11.7. The van der Waals surface area contributed by atoms with Gasteiger partial charge in [0.2, 0.25) is 0 Å². The largest absolute Gasteiger partial charge is 0.481 e. The number of carbonyl (C=O) groups excluding carboxylic acids is 1. The van der Waals surface area contributed by atoms with Crippen LogP contribution in [0.3, 0.4) is 0 Å². The Morgan fingerprint density at radius 1 is 1.19 bits per heavy atom. The Hall–Kier alpha value is -2.40. The van der Waals surface area contributed by atoms with Crippen molar-refractivity contribution in [3.8, 4) is 0 Å². The Bertz CT molecular complexity index is 646. The van der Waals surface area contributed by atoms with Crippen molar-refractivity contribution in [1.82, 2.24) is 10.3 Å². The van der Waals surface area contributed by atoms with E-state index in [1.54, 1.807) is 30.3 Å². The topological polar surface area (TPSA) is 79.3 Å². The zero-order chi connectivity index (χ0) is 15.2. The lowest BCUT2D eigenvalue weighted by atomic mass is 10.0. The fourth-order valence-electron chi connectivity index (χ4n) is 1.90. The first kappa shape index (κ1) is 15.0. The van der Waals surface area contributed by atoms with Crippen LogP contribution in [0.25, 0.3) is 0 Å². The van der Waals surface area contributed by atoms with Crippen LogP contribution < -0.4 is 5.32 Å². The molecular weight excluding hydrogens is 292 g/mol. The van der Waals surface area contributed by atoms with Crippen molar-refractivity contribution in [2.24, 2.45) is 0 Å². The predicted molar refractivity (Wildman–Crippen MR) is 78.1 cm³/mol. The number of carboxylic acid groups (broad SMARTS) is 1. The van der Waals surface area contributed by atoms with E-state index >= 15 is 0 Å². The van der Waals surface area contributed by atoms with Crippen molar-refractivity contribution in [1.29, 1.82) is 0 Å². The van der Waals surface area contributed by atoms with Crippen molar-refractivity contribution in [3.05, 3.63) is 64.9 Å². The summed E-state index contributed by atoms with van der Waals surface area (Å²) in [6.45, 7) is 0. The number of nitrogens with one attached hydrogen (secondary N) is 1. The molecule has 0 saturated carbocycles. The second-order valence-electron chi connectivity index (χ2n) is 4.38. The Balaban J connectivity index is 2.21. The minimum atomic E-state index is -0.999. The van der Waals surface area contributed by atoms with Gasteiger partial charge in [0.15, 0.2) is 0 Å². The smallest absolute Gasteiger partial charge is 0.305 e. The summed E-state index contributed by atoms with van der Waals surface area (Å²) in [5.41, 5.74) is 0.929. The number of nitrogens with zero attached hydrogens (tertiary/aromatic N) is 1. The summed E-state index contributed by atoms with van der Waals surface area (Å²) in [5, 5.41) is 11.8. The van der Waals surface area contributed by atoms with Crippen LogP contribution in [-0.2, 0) is 4.79 Å². The van der Waals surface area contributed by atoms with E-state index in [1.165, 1.54) is 12.3 Å². The van der Waals surface area contributed by atoms with Gasteiger partial charge in [-0.25, -0.2) is 4.98 Å².